The predicted molar refractivity (Wildman–Crippen MR) is 77.5 cm³/mol. The summed E-state index contributed by atoms with van der Waals surface area (Å²) in [5, 5.41) is 9.11. The van der Waals surface area contributed by atoms with E-state index in [-0.39, 0.29) is 6.42 Å². The van der Waals surface area contributed by atoms with Gasteiger partial charge in [0.25, 0.3) is 0 Å². The molecule has 1 fully saturated rings. The Morgan fingerprint density at radius 2 is 1.85 bits per heavy atom. The van der Waals surface area contributed by atoms with E-state index in [2.05, 4.69) is 15.9 Å². The van der Waals surface area contributed by atoms with Crippen LogP contribution in [0.25, 0.3) is 0 Å². The molecule has 0 saturated carbocycles. The van der Waals surface area contributed by atoms with Crippen molar-refractivity contribution in [2.24, 2.45) is 0 Å². The first kappa shape index (κ1) is 15.6. The molecule has 0 aromatic carbocycles. The lowest BCUT2D eigenvalue weighted by molar-refractivity contribution is -0.137. The second-order valence-corrected chi connectivity index (χ2v) is 6.75. The molecular weight excluding hydrogens is 327 g/mol. The van der Waals surface area contributed by atoms with Gasteiger partial charge in [-0.2, -0.15) is 0 Å². The van der Waals surface area contributed by atoms with E-state index >= 15 is 0 Å². The van der Waals surface area contributed by atoms with Gasteiger partial charge in [0.05, 0.1) is 23.4 Å². The number of carbonyl (C=O) groups is 1. The SMILES string of the molecule is CC1(C)OB(C(CC(=O)O)c2ccc(Br)o2)OC1(C)C. The highest BCUT2D eigenvalue weighted by Gasteiger charge is 2.55. The van der Waals surface area contributed by atoms with Crippen LogP contribution in [-0.2, 0) is 14.1 Å². The van der Waals surface area contributed by atoms with E-state index in [1.807, 2.05) is 27.7 Å². The van der Waals surface area contributed by atoms with Crippen LogP contribution in [0.1, 0.15) is 45.7 Å². The van der Waals surface area contributed by atoms with Gasteiger partial charge in [0.2, 0.25) is 0 Å². The van der Waals surface area contributed by atoms with E-state index < -0.39 is 30.1 Å². The van der Waals surface area contributed by atoms with Crippen LogP contribution in [0.15, 0.2) is 21.2 Å². The third kappa shape index (κ3) is 2.94. The Labute approximate surface area is 126 Å². The Balaban J connectivity index is 2.27. The number of carboxylic acid groups (broad SMARTS) is 1. The highest BCUT2D eigenvalue weighted by Crippen LogP contribution is 2.42. The topological polar surface area (TPSA) is 68.9 Å². The number of hydrogen-bond acceptors (Lipinski definition) is 4. The summed E-state index contributed by atoms with van der Waals surface area (Å²) in [4.78, 5) is 11.1. The van der Waals surface area contributed by atoms with Crippen molar-refractivity contribution in [1.29, 1.82) is 0 Å². The van der Waals surface area contributed by atoms with E-state index in [1.165, 1.54) is 0 Å². The summed E-state index contributed by atoms with van der Waals surface area (Å²) in [6, 6.07) is 3.47. The smallest absolute Gasteiger partial charge is 0.469 e. The van der Waals surface area contributed by atoms with Crippen LogP contribution in [0.2, 0.25) is 0 Å². The van der Waals surface area contributed by atoms with Gasteiger partial charge in [0.15, 0.2) is 4.67 Å². The van der Waals surface area contributed by atoms with Crippen molar-refractivity contribution in [2.75, 3.05) is 0 Å². The fraction of sp³-hybridized carbons (Fsp3) is 0.615. The number of halogens is 1. The van der Waals surface area contributed by atoms with E-state index in [1.54, 1.807) is 12.1 Å². The van der Waals surface area contributed by atoms with Crippen LogP contribution in [0.4, 0.5) is 0 Å². The largest absolute Gasteiger partial charge is 0.481 e. The molecule has 7 heteroatoms. The van der Waals surface area contributed by atoms with Crippen LogP contribution in [0.5, 0.6) is 0 Å². The summed E-state index contributed by atoms with van der Waals surface area (Å²) in [6.45, 7) is 7.73. The summed E-state index contributed by atoms with van der Waals surface area (Å²) in [5.74, 6) is -0.866. The molecule has 1 aliphatic heterocycles. The summed E-state index contributed by atoms with van der Waals surface area (Å²) < 4.78 is 17.9. The van der Waals surface area contributed by atoms with Gasteiger partial charge in [0, 0.05) is 0 Å². The minimum atomic E-state index is -0.919. The first-order chi connectivity index (χ1) is 9.12. The van der Waals surface area contributed by atoms with E-state index in [0.29, 0.717) is 10.4 Å². The van der Waals surface area contributed by atoms with Crippen molar-refractivity contribution in [1.82, 2.24) is 0 Å². The van der Waals surface area contributed by atoms with Crippen molar-refractivity contribution < 1.29 is 23.6 Å². The summed E-state index contributed by atoms with van der Waals surface area (Å²) in [5.41, 5.74) is -1.00. The lowest BCUT2D eigenvalue weighted by Crippen LogP contribution is -2.41. The van der Waals surface area contributed by atoms with Gasteiger partial charge in [-0.3, -0.25) is 4.79 Å². The van der Waals surface area contributed by atoms with Crippen molar-refractivity contribution in [3.8, 4) is 0 Å². The Hall–Kier alpha value is -0.785. The number of carboxylic acids is 1. The standard InChI is InChI=1S/C13H18BBrO5/c1-12(2)13(3,4)20-14(19-12)8(7-11(16)17)9-5-6-10(15)18-9/h5-6,8H,7H2,1-4H3,(H,16,17). The van der Waals surface area contributed by atoms with Gasteiger partial charge >= 0.3 is 13.1 Å². The second-order valence-electron chi connectivity index (χ2n) is 5.97. The molecule has 1 N–H and O–H groups in total. The fourth-order valence-electron chi connectivity index (χ4n) is 2.10. The quantitative estimate of drug-likeness (QED) is 0.849. The third-order valence-electron chi connectivity index (χ3n) is 3.95. The predicted octanol–water partition coefficient (Wildman–Crippen LogP) is 3.23. The first-order valence-corrected chi connectivity index (χ1v) is 7.24. The molecule has 0 radical (unpaired) electrons. The van der Waals surface area contributed by atoms with Gasteiger partial charge in [0.1, 0.15) is 5.76 Å². The first-order valence-electron chi connectivity index (χ1n) is 6.45. The average molecular weight is 345 g/mol. The van der Waals surface area contributed by atoms with Crippen molar-refractivity contribution in [3.05, 3.63) is 22.6 Å². The summed E-state index contributed by atoms with van der Waals surface area (Å²) in [6.07, 6.45) is -0.114. The normalized spacial score (nSPS) is 21.9. The molecule has 1 saturated heterocycles. The van der Waals surface area contributed by atoms with Gasteiger partial charge in [-0.25, -0.2) is 0 Å². The molecular formula is C13H18BBrO5. The molecule has 1 unspecified atom stereocenters. The fourth-order valence-corrected chi connectivity index (χ4v) is 2.42. The molecule has 1 aliphatic rings. The second kappa shape index (κ2) is 5.20. The molecule has 0 amide bonds. The maximum Gasteiger partial charge on any atom is 0.469 e. The molecule has 5 nitrogen and oxygen atoms in total. The minimum absolute atomic E-state index is 0.114. The molecule has 1 atom stereocenters. The zero-order valence-electron chi connectivity index (χ0n) is 12.0. The molecule has 110 valence electrons. The monoisotopic (exact) mass is 344 g/mol. The average Bonchev–Trinajstić information content (AvgIpc) is 2.78. The molecule has 0 spiro atoms. The van der Waals surface area contributed by atoms with Crippen LogP contribution < -0.4 is 0 Å². The Morgan fingerprint density at radius 3 is 2.25 bits per heavy atom. The van der Waals surface area contributed by atoms with E-state index in [4.69, 9.17) is 18.8 Å². The Morgan fingerprint density at radius 1 is 1.30 bits per heavy atom. The maximum absolute atomic E-state index is 11.1. The zero-order valence-corrected chi connectivity index (χ0v) is 13.6. The number of hydrogen-bond donors (Lipinski definition) is 1. The molecule has 0 bridgehead atoms. The lowest BCUT2D eigenvalue weighted by atomic mass is 9.68. The molecule has 1 aromatic heterocycles. The van der Waals surface area contributed by atoms with Crippen LogP contribution in [0.3, 0.4) is 0 Å². The number of aliphatic carboxylic acids is 1. The number of furan rings is 1. The Kier molecular flexibility index (Phi) is 4.06. The highest BCUT2D eigenvalue weighted by molar-refractivity contribution is 9.10. The van der Waals surface area contributed by atoms with Gasteiger partial charge < -0.3 is 18.8 Å². The van der Waals surface area contributed by atoms with Crippen molar-refractivity contribution >= 4 is 29.0 Å². The zero-order chi connectivity index (χ0) is 15.1. The van der Waals surface area contributed by atoms with E-state index in [9.17, 15) is 4.79 Å². The molecule has 2 heterocycles. The molecule has 20 heavy (non-hydrogen) atoms. The van der Waals surface area contributed by atoms with Crippen molar-refractivity contribution in [2.45, 2.75) is 51.1 Å². The van der Waals surface area contributed by atoms with Crippen LogP contribution in [-0.4, -0.2) is 29.4 Å². The minimum Gasteiger partial charge on any atom is -0.481 e. The summed E-state index contributed by atoms with van der Waals surface area (Å²) in [7, 11) is -0.644. The van der Waals surface area contributed by atoms with Gasteiger partial charge in [-0.15, -0.1) is 0 Å². The maximum atomic E-state index is 11.1. The molecule has 0 aliphatic carbocycles. The van der Waals surface area contributed by atoms with Crippen LogP contribution >= 0.6 is 15.9 Å². The number of rotatable bonds is 4. The molecule has 1 aromatic rings. The van der Waals surface area contributed by atoms with E-state index in [0.717, 1.165) is 0 Å². The van der Waals surface area contributed by atoms with Gasteiger partial charge in [-0.1, -0.05) is 0 Å². The summed E-state index contributed by atoms with van der Waals surface area (Å²) >= 11 is 3.22. The third-order valence-corrected chi connectivity index (χ3v) is 4.38. The molecule has 2 rings (SSSR count). The van der Waals surface area contributed by atoms with Crippen LogP contribution in [0, 0.1) is 0 Å². The van der Waals surface area contributed by atoms with Crippen molar-refractivity contribution in [3.63, 3.8) is 0 Å². The Bertz CT molecular complexity index is 495. The lowest BCUT2D eigenvalue weighted by Gasteiger charge is -2.32. The highest BCUT2D eigenvalue weighted by atomic mass is 79.9. The van der Waals surface area contributed by atoms with Gasteiger partial charge in [-0.05, 0) is 55.8 Å².